The molecule has 0 saturated carbocycles. The summed E-state index contributed by atoms with van der Waals surface area (Å²) in [6.45, 7) is 13.9. The first-order valence-corrected chi connectivity index (χ1v) is 8.02. The summed E-state index contributed by atoms with van der Waals surface area (Å²) in [4.78, 5) is 0. The first-order chi connectivity index (χ1) is 9.23. The zero-order valence-electron chi connectivity index (χ0n) is 13.7. The van der Waals surface area contributed by atoms with E-state index in [0.717, 1.165) is 16.7 Å². The average Bonchev–Trinajstić information content (AvgIpc) is 2.69. The Bertz CT molecular complexity index is 423. The highest BCUT2D eigenvalue weighted by Crippen LogP contribution is 2.36. The van der Waals surface area contributed by atoms with Crippen molar-refractivity contribution < 1.29 is 4.74 Å². The molecule has 0 aliphatic rings. The number of halogens is 1. The first kappa shape index (κ1) is 17.7. The summed E-state index contributed by atoms with van der Waals surface area (Å²) in [5.41, 5.74) is 1.19. The smallest absolute Gasteiger partial charge is 0.0829 e. The van der Waals surface area contributed by atoms with E-state index in [1.54, 1.807) is 7.11 Å². The van der Waals surface area contributed by atoms with Crippen LogP contribution >= 0.6 is 15.9 Å². The molecule has 1 rings (SSSR count). The number of hydrogen-bond acceptors (Lipinski definition) is 3. The molecule has 0 radical (unpaired) electrons. The van der Waals surface area contributed by atoms with Gasteiger partial charge in [0.05, 0.1) is 28.5 Å². The molecule has 0 saturated heterocycles. The van der Waals surface area contributed by atoms with Gasteiger partial charge in [0.2, 0.25) is 0 Å². The molecule has 0 fully saturated rings. The van der Waals surface area contributed by atoms with Crippen LogP contribution in [-0.4, -0.2) is 29.5 Å². The van der Waals surface area contributed by atoms with E-state index >= 15 is 0 Å². The lowest BCUT2D eigenvalue weighted by Crippen LogP contribution is -2.42. The number of methoxy groups -OCH3 is 1. The van der Waals surface area contributed by atoms with Crippen LogP contribution < -0.4 is 5.32 Å². The van der Waals surface area contributed by atoms with Crippen molar-refractivity contribution in [2.24, 2.45) is 5.41 Å². The summed E-state index contributed by atoms with van der Waals surface area (Å²) >= 11 is 3.64. The Hall–Kier alpha value is -0.390. The molecule has 0 amide bonds. The fourth-order valence-electron chi connectivity index (χ4n) is 2.61. The van der Waals surface area contributed by atoms with Crippen LogP contribution in [0.4, 0.5) is 0 Å². The van der Waals surface area contributed by atoms with Gasteiger partial charge in [-0.1, -0.05) is 27.7 Å². The Morgan fingerprint density at radius 2 is 2.00 bits per heavy atom. The van der Waals surface area contributed by atoms with Gasteiger partial charge in [0.25, 0.3) is 0 Å². The van der Waals surface area contributed by atoms with Gasteiger partial charge in [0.1, 0.15) is 0 Å². The van der Waals surface area contributed by atoms with Crippen molar-refractivity contribution in [3.05, 3.63) is 16.4 Å². The van der Waals surface area contributed by atoms with Crippen LogP contribution in [0.1, 0.15) is 59.3 Å². The molecule has 2 atom stereocenters. The topological polar surface area (TPSA) is 39.1 Å². The van der Waals surface area contributed by atoms with Gasteiger partial charge < -0.3 is 10.1 Å². The quantitative estimate of drug-likeness (QED) is 0.848. The van der Waals surface area contributed by atoms with Crippen molar-refractivity contribution in [2.75, 3.05) is 13.7 Å². The molecule has 0 bridgehead atoms. The van der Waals surface area contributed by atoms with E-state index in [1.807, 2.05) is 6.20 Å². The van der Waals surface area contributed by atoms with E-state index in [9.17, 15) is 0 Å². The second-order valence-corrected chi connectivity index (χ2v) is 7.33. The summed E-state index contributed by atoms with van der Waals surface area (Å²) in [6.07, 6.45) is 1.93. The predicted molar refractivity (Wildman–Crippen MR) is 87.0 cm³/mol. The van der Waals surface area contributed by atoms with E-state index in [1.165, 1.54) is 0 Å². The van der Waals surface area contributed by atoms with Crippen LogP contribution in [0.25, 0.3) is 0 Å². The third-order valence-corrected chi connectivity index (χ3v) is 4.02. The fourth-order valence-corrected chi connectivity index (χ4v) is 3.13. The van der Waals surface area contributed by atoms with E-state index in [-0.39, 0.29) is 17.6 Å². The first-order valence-electron chi connectivity index (χ1n) is 7.23. The van der Waals surface area contributed by atoms with Gasteiger partial charge in [-0.25, -0.2) is 0 Å². The number of nitrogens with zero attached hydrogens (tertiary/aromatic N) is 2. The highest BCUT2D eigenvalue weighted by molar-refractivity contribution is 9.10. The Morgan fingerprint density at radius 1 is 1.40 bits per heavy atom. The average molecular weight is 346 g/mol. The van der Waals surface area contributed by atoms with Crippen LogP contribution in [0.3, 0.4) is 0 Å². The second-order valence-electron chi connectivity index (χ2n) is 6.47. The second kappa shape index (κ2) is 7.05. The molecule has 0 aromatic carbocycles. The molecular formula is C15H28BrN3O. The minimum absolute atomic E-state index is 0.0348. The molecule has 0 spiro atoms. The van der Waals surface area contributed by atoms with Crippen molar-refractivity contribution in [1.82, 2.24) is 15.1 Å². The minimum Gasteiger partial charge on any atom is -0.379 e. The van der Waals surface area contributed by atoms with E-state index in [4.69, 9.17) is 4.74 Å². The highest BCUT2D eigenvalue weighted by atomic mass is 79.9. The molecule has 1 N–H and O–H groups in total. The summed E-state index contributed by atoms with van der Waals surface area (Å²) in [6, 6.07) is 0.416. The van der Waals surface area contributed by atoms with Crippen molar-refractivity contribution in [3.63, 3.8) is 0 Å². The lowest BCUT2D eigenvalue weighted by atomic mass is 9.83. The van der Waals surface area contributed by atoms with Gasteiger partial charge >= 0.3 is 0 Å². The monoisotopic (exact) mass is 345 g/mol. The molecule has 116 valence electrons. The van der Waals surface area contributed by atoms with E-state index in [2.05, 4.69) is 72.6 Å². The molecule has 0 aliphatic carbocycles. The van der Waals surface area contributed by atoms with Crippen molar-refractivity contribution in [3.8, 4) is 0 Å². The fraction of sp³-hybridized carbons (Fsp3) is 0.800. The van der Waals surface area contributed by atoms with Gasteiger partial charge in [-0.2, -0.15) is 5.10 Å². The summed E-state index contributed by atoms with van der Waals surface area (Å²) < 4.78 is 8.91. The molecule has 2 unspecified atom stereocenters. The summed E-state index contributed by atoms with van der Waals surface area (Å²) in [5, 5.41) is 8.05. The van der Waals surface area contributed by atoms with E-state index < -0.39 is 0 Å². The van der Waals surface area contributed by atoms with Crippen molar-refractivity contribution >= 4 is 15.9 Å². The maximum atomic E-state index is 5.82. The number of likely N-dealkylation sites (N-methyl/N-ethyl adjacent to an activating group) is 1. The molecule has 1 aromatic rings. The molecular weight excluding hydrogens is 318 g/mol. The predicted octanol–water partition coefficient (Wildman–Crippen LogP) is 3.94. The SMILES string of the molecule is CCNC(c1c(Br)cnn1C(C)C)C(OC)C(C)(C)C. The Morgan fingerprint density at radius 3 is 2.40 bits per heavy atom. The number of ether oxygens (including phenoxy) is 1. The molecule has 5 heteroatoms. The third kappa shape index (κ3) is 3.83. The van der Waals surface area contributed by atoms with Crippen LogP contribution in [0.15, 0.2) is 10.7 Å². The lowest BCUT2D eigenvalue weighted by Gasteiger charge is -2.37. The Balaban J connectivity index is 3.29. The van der Waals surface area contributed by atoms with Crippen LogP contribution in [0.5, 0.6) is 0 Å². The lowest BCUT2D eigenvalue weighted by molar-refractivity contribution is -0.0140. The standard InChI is InChI=1S/C15H28BrN3O/c1-8-17-12(14(20-7)15(4,5)6)13-11(16)9-18-19(13)10(2)3/h9-10,12,14,17H,8H2,1-7H3. The third-order valence-electron chi connectivity index (χ3n) is 3.40. The van der Waals surface area contributed by atoms with Gasteiger partial charge in [0.15, 0.2) is 0 Å². The summed E-state index contributed by atoms with van der Waals surface area (Å²) in [7, 11) is 1.78. The van der Waals surface area contributed by atoms with Crippen LogP contribution in [-0.2, 0) is 4.74 Å². The zero-order chi connectivity index (χ0) is 15.5. The normalized spacial score (nSPS) is 15.7. The highest BCUT2D eigenvalue weighted by Gasteiger charge is 2.36. The number of nitrogens with one attached hydrogen (secondary N) is 1. The number of hydrogen-bond donors (Lipinski definition) is 1. The minimum atomic E-state index is 0.0348. The number of aromatic nitrogens is 2. The molecule has 20 heavy (non-hydrogen) atoms. The van der Waals surface area contributed by atoms with Gasteiger partial charge in [-0.05, 0) is 41.7 Å². The zero-order valence-corrected chi connectivity index (χ0v) is 15.3. The van der Waals surface area contributed by atoms with Crippen molar-refractivity contribution in [2.45, 2.75) is 59.7 Å². The molecule has 1 heterocycles. The van der Waals surface area contributed by atoms with Crippen LogP contribution in [0.2, 0.25) is 0 Å². The molecule has 0 aliphatic heterocycles. The number of rotatable bonds is 6. The van der Waals surface area contributed by atoms with Gasteiger partial charge in [0, 0.05) is 13.2 Å². The van der Waals surface area contributed by atoms with Gasteiger partial charge in [-0.3, -0.25) is 4.68 Å². The van der Waals surface area contributed by atoms with Gasteiger partial charge in [-0.15, -0.1) is 0 Å². The Labute approximate surface area is 131 Å². The van der Waals surface area contributed by atoms with E-state index in [0.29, 0.717) is 6.04 Å². The van der Waals surface area contributed by atoms with Crippen LogP contribution in [0, 0.1) is 5.41 Å². The Kier molecular flexibility index (Phi) is 6.23. The summed E-state index contributed by atoms with van der Waals surface area (Å²) in [5.74, 6) is 0. The maximum Gasteiger partial charge on any atom is 0.0829 e. The maximum absolute atomic E-state index is 5.82. The van der Waals surface area contributed by atoms with Crippen molar-refractivity contribution in [1.29, 1.82) is 0 Å². The molecule has 1 aromatic heterocycles. The molecule has 4 nitrogen and oxygen atoms in total. The largest absolute Gasteiger partial charge is 0.379 e.